The van der Waals surface area contributed by atoms with Gasteiger partial charge in [-0.25, -0.2) is 0 Å². The number of carbonyl (C=O) groups is 3. The molecule has 2 fully saturated rings. The minimum absolute atomic E-state index is 0.0179. The quantitative estimate of drug-likeness (QED) is 0.466. The number of aryl methyl sites for hydroxylation is 2. The van der Waals surface area contributed by atoms with E-state index in [9.17, 15) is 14.4 Å². The van der Waals surface area contributed by atoms with Crippen LogP contribution in [0.3, 0.4) is 0 Å². The predicted octanol–water partition coefficient (Wildman–Crippen LogP) is 5.43. The van der Waals surface area contributed by atoms with Gasteiger partial charge < -0.3 is 9.80 Å². The van der Waals surface area contributed by atoms with Crippen LogP contribution in [0.25, 0.3) is 10.8 Å². The van der Waals surface area contributed by atoms with Gasteiger partial charge in [-0.3, -0.25) is 14.4 Å². The third-order valence-corrected chi connectivity index (χ3v) is 7.98. The van der Waals surface area contributed by atoms with E-state index in [1.54, 1.807) is 0 Å². The first kappa shape index (κ1) is 24.2. The number of hydrogen-bond donors (Lipinski definition) is 0. The monoisotopic (exact) mass is 482 g/mol. The van der Waals surface area contributed by atoms with Crippen molar-refractivity contribution in [2.24, 2.45) is 11.8 Å². The van der Waals surface area contributed by atoms with Gasteiger partial charge in [-0.15, -0.1) is 0 Å². The Labute approximate surface area is 213 Å². The molecule has 0 bridgehead atoms. The second-order valence-electron chi connectivity index (χ2n) is 10.4. The standard InChI is InChI=1S/C31H34N2O3/c1-21-10-11-26(22(2)20-21)29(34)24-12-16-32(17-13-24)30(35)25-14-18-33(19-15-25)31(36)28-9-5-7-23-6-3-4-8-27(23)28/h3-11,20,24-25H,12-19H2,1-2H3. The van der Waals surface area contributed by atoms with Crippen molar-refractivity contribution in [3.8, 4) is 0 Å². The Kier molecular flexibility index (Phi) is 6.90. The lowest BCUT2D eigenvalue weighted by Gasteiger charge is -2.37. The number of likely N-dealkylation sites (tertiary alicyclic amines) is 2. The molecule has 5 rings (SSSR count). The van der Waals surface area contributed by atoms with Gasteiger partial charge in [0.1, 0.15) is 0 Å². The zero-order valence-corrected chi connectivity index (χ0v) is 21.2. The first-order valence-corrected chi connectivity index (χ1v) is 13.1. The Morgan fingerprint density at radius 1 is 0.694 bits per heavy atom. The smallest absolute Gasteiger partial charge is 0.254 e. The van der Waals surface area contributed by atoms with Crippen LogP contribution in [0.2, 0.25) is 0 Å². The molecule has 36 heavy (non-hydrogen) atoms. The molecule has 0 radical (unpaired) electrons. The van der Waals surface area contributed by atoms with Crippen LogP contribution in [0, 0.1) is 25.7 Å². The maximum Gasteiger partial charge on any atom is 0.254 e. The number of benzene rings is 3. The molecule has 0 spiro atoms. The van der Waals surface area contributed by atoms with Crippen LogP contribution in [0.1, 0.15) is 57.5 Å². The van der Waals surface area contributed by atoms with E-state index in [2.05, 4.69) is 6.07 Å². The van der Waals surface area contributed by atoms with E-state index < -0.39 is 0 Å². The van der Waals surface area contributed by atoms with E-state index in [-0.39, 0.29) is 29.4 Å². The summed E-state index contributed by atoms with van der Waals surface area (Å²) < 4.78 is 0. The second kappa shape index (κ2) is 10.3. The number of rotatable bonds is 4. The largest absolute Gasteiger partial charge is 0.342 e. The molecule has 2 heterocycles. The molecule has 5 heteroatoms. The second-order valence-corrected chi connectivity index (χ2v) is 10.4. The number of hydrogen-bond acceptors (Lipinski definition) is 3. The molecule has 5 nitrogen and oxygen atoms in total. The summed E-state index contributed by atoms with van der Waals surface area (Å²) in [5.74, 6) is 0.372. The van der Waals surface area contributed by atoms with Crippen molar-refractivity contribution in [1.82, 2.24) is 9.80 Å². The molecule has 2 saturated heterocycles. The Balaban J connectivity index is 1.15. The van der Waals surface area contributed by atoms with Gasteiger partial charge in [-0.2, -0.15) is 0 Å². The van der Waals surface area contributed by atoms with Gasteiger partial charge >= 0.3 is 0 Å². The number of Topliss-reactive ketones (excluding diaryl/α,β-unsaturated/α-hetero) is 1. The van der Waals surface area contributed by atoms with E-state index in [0.29, 0.717) is 39.0 Å². The van der Waals surface area contributed by atoms with Crippen molar-refractivity contribution in [3.63, 3.8) is 0 Å². The molecule has 2 amide bonds. The van der Waals surface area contributed by atoms with Gasteiger partial charge in [0.15, 0.2) is 5.78 Å². The fraction of sp³-hybridized carbons (Fsp3) is 0.387. The molecule has 0 atom stereocenters. The number of fused-ring (bicyclic) bond motifs is 1. The van der Waals surface area contributed by atoms with Crippen LogP contribution in [-0.4, -0.2) is 53.6 Å². The fourth-order valence-corrected chi connectivity index (χ4v) is 5.84. The zero-order valence-electron chi connectivity index (χ0n) is 21.2. The molecular formula is C31H34N2O3. The van der Waals surface area contributed by atoms with Gasteiger partial charge in [0.25, 0.3) is 5.91 Å². The van der Waals surface area contributed by atoms with E-state index in [4.69, 9.17) is 0 Å². The minimum atomic E-state index is -0.0480. The summed E-state index contributed by atoms with van der Waals surface area (Å²) in [6.07, 6.45) is 2.82. The van der Waals surface area contributed by atoms with Crippen molar-refractivity contribution in [1.29, 1.82) is 0 Å². The van der Waals surface area contributed by atoms with Crippen LogP contribution in [0.5, 0.6) is 0 Å². The van der Waals surface area contributed by atoms with Crippen LogP contribution in [-0.2, 0) is 4.79 Å². The number of amides is 2. The Hall–Kier alpha value is -3.47. The van der Waals surface area contributed by atoms with Crippen LogP contribution in [0.4, 0.5) is 0 Å². The van der Waals surface area contributed by atoms with Crippen LogP contribution in [0.15, 0.2) is 60.7 Å². The number of ketones is 1. The number of carbonyl (C=O) groups excluding carboxylic acids is 3. The normalized spacial score (nSPS) is 17.4. The summed E-state index contributed by atoms with van der Waals surface area (Å²) in [6.45, 7) is 6.50. The SMILES string of the molecule is Cc1ccc(C(=O)C2CCN(C(=O)C3CCN(C(=O)c4cccc5ccccc45)CC3)CC2)c(C)c1. The maximum atomic E-state index is 13.3. The summed E-state index contributed by atoms with van der Waals surface area (Å²) in [5, 5.41) is 2.04. The first-order chi connectivity index (χ1) is 17.4. The molecule has 2 aliphatic heterocycles. The van der Waals surface area contributed by atoms with E-state index in [1.807, 2.05) is 78.2 Å². The van der Waals surface area contributed by atoms with Crippen molar-refractivity contribution in [2.45, 2.75) is 39.5 Å². The fourth-order valence-electron chi connectivity index (χ4n) is 5.84. The molecule has 0 N–H and O–H groups in total. The Morgan fingerprint density at radius 2 is 1.33 bits per heavy atom. The summed E-state index contributed by atoms with van der Waals surface area (Å²) in [6, 6.07) is 19.8. The van der Waals surface area contributed by atoms with Crippen molar-refractivity contribution in [2.75, 3.05) is 26.2 Å². The van der Waals surface area contributed by atoms with Gasteiger partial charge in [-0.1, -0.05) is 60.2 Å². The average Bonchev–Trinajstić information content (AvgIpc) is 2.92. The van der Waals surface area contributed by atoms with E-state index in [0.717, 1.165) is 45.9 Å². The highest BCUT2D eigenvalue weighted by Crippen LogP contribution is 2.28. The maximum absolute atomic E-state index is 13.3. The van der Waals surface area contributed by atoms with Crippen LogP contribution >= 0.6 is 0 Å². The third kappa shape index (κ3) is 4.79. The molecule has 3 aromatic carbocycles. The topological polar surface area (TPSA) is 57.7 Å². The van der Waals surface area contributed by atoms with Gasteiger partial charge in [0.05, 0.1) is 0 Å². The molecular weight excluding hydrogens is 448 g/mol. The first-order valence-electron chi connectivity index (χ1n) is 13.1. The van der Waals surface area contributed by atoms with E-state index >= 15 is 0 Å². The average molecular weight is 483 g/mol. The van der Waals surface area contributed by atoms with Crippen molar-refractivity contribution < 1.29 is 14.4 Å². The summed E-state index contributed by atoms with van der Waals surface area (Å²) in [7, 11) is 0. The van der Waals surface area contributed by atoms with Crippen molar-refractivity contribution in [3.05, 3.63) is 82.9 Å². The van der Waals surface area contributed by atoms with E-state index in [1.165, 1.54) is 0 Å². The molecule has 3 aromatic rings. The molecule has 2 aliphatic rings. The van der Waals surface area contributed by atoms with Gasteiger partial charge in [0.2, 0.25) is 5.91 Å². The highest BCUT2D eigenvalue weighted by Gasteiger charge is 2.34. The highest BCUT2D eigenvalue weighted by molar-refractivity contribution is 6.07. The zero-order chi connectivity index (χ0) is 25.2. The lowest BCUT2D eigenvalue weighted by atomic mass is 9.86. The molecule has 186 valence electrons. The molecule has 0 saturated carbocycles. The molecule has 0 aromatic heterocycles. The Bertz CT molecular complexity index is 1290. The summed E-state index contributed by atoms with van der Waals surface area (Å²) in [5.41, 5.74) is 3.74. The third-order valence-electron chi connectivity index (χ3n) is 7.98. The van der Waals surface area contributed by atoms with Crippen molar-refractivity contribution >= 4 is 28.4 Å². The minimum Gasteiger partial charge on any atom is -0.342 e. The molecule has 0 aliphatic carbocycles. The highest BCUT2D eigenvalue weighted by atomic mass is 16.2. The number of piperidine rings is 2. The summed E-state index contributed by atoms with van der Waals surface area (Å²) >= 11 is 0. The van der Waals surface area contributed by atoms with Gasteiger partial charge in [0, 0.05) is 49.1 Å². The predicted molar refractivity (Wildman–Crippen MR) is 142 cm³/mol. The number of nitrogens with zero attached hydrogens (tertiary/aromatic N) is 2. The molecule has 0 unspecified atom stereocenters. The lowest BCUT2D eigenvalue weighted by molar-refractivity contribution is -0.138. The Morgan fingerprint density at radius 3 is 2.06 bits per heavy atom. The van der Waals surface area contributed by atoms with Gasteiger partial charge in [-0.05, 0) is 61.9 Å². The lowest BCUT2D eigenvalue weighted by Crippen LogP contribution is -2.47. The summed E-state index contributed by atoms with van der Waals surface area (Å²) in [4.78, 5) is 43.4. The van der Waals surface area contributed by atoms with Crippen LogP contribution < -0.4 is 0 Å².